The fraction of sp³-hybridized carbons (Fsp3) is 0.895. The van der Waals surface area contributed by atoms with E-state index in [1.54, 1.807) is 7.11 Å². The summed E-state index contributed by atoms with van der Waals surface area (Å²) in [4.78, 5) is 24.2. The number of carbonyl (C=O) groups is 2. The first-order chi connectivity index (χ1) is 12.1. The van der Waals surface area contributed by atoms with E-state index in [2.05, 4.69) is 16.0 Å². The highest BCUT2D eigenvalue weighted by molar-refractivity contribution is 5.84. The van der Waals surface area contributed by atoms with Crippen molar-refractivity contribution in [3.63, 3.8) is 0 Å². The summed E-state index contributed by atoms with van der Waals surface area (Å²) in [7, 11) is 1.66. The molecule has 0 aromatic carbocycles. The SMILES string of the molecule is COCCNCCNC(=O)CNC(=O)CC12CC3CC(CC(C3)C1)C2. The summed E-state index contributed by atoms with van der Waals surface area (Å²) in [5.74, 6) is 2.50. The van der Waals surface area contributed by atoms with Crippen molar-refractivity contribution < 1.29 is 14.3 Å². The number of carbonyl (C=O) groups excluding carboxylic acids is 2. The van der Waals surface area contributed by atoms with Gasteiger partial charge in [0.2, 0.25) is 11.8 Å². The summed E-state index contributed by atoms with van der Waals surface area (Å²) in [5.41, 5.74) is 0.237. The van der Waals surface area contributed by atoms with Crippen LogP contribution in [0.1, 0.15) is 44.9 Å². The van der Waals surface area contributed by atoms with Crippen LogP contribution in [0.25, 0.3) is 0 Å². The monoisotopic (exact) mass is 351 g/mol. The lowest BCUT2D eigenvalue weighted by atomic mass is 9.49. The molecule has 142 valence electrons. The minimum Gasteiger partial charge on any atom is -0.383 e. The summed E-state index contributed by atoms with van der Waals surface area (Å²) in [6.07, 6.45) is 8.47. The van der Waals surface area contributed by atoms with Gasteiger partial charge in [-0.25, -0.2) is 0 Å². The van der Waals surface area contributed by atoms with Gasteiger partial charge < -0.3 is 20.7 Å². The second-order valence-corrected chi connectivity index (χ2v) is 8.46. The lowest BCUT2D eigenvalue weighted by Gasteiger charge is -2.56. The highest BCUT2D eigenvalue weighted by atomic mass is 16.5. The molecule has 6 nitrogen and oxygen atoms in total. The fourth-order valence-electron chi connectivity index (χ4n) is 5.74. The predicted molar refractivity (Wildman–Crippen MR) is 96.0 cm³/mol. The lowest BCUT2D eigenvalue weighted by Crippen LogP contribution is -2.48. The van der Waals surface area contributed by atoms with Crippen molar-refractivity contribution in [1.29, 1.82) is 0 Å². The number of hydrogen-bond acceptors (Lipinski definition) is 4. The highest BCUT2D eigenvalue weighted by Crippen LogP contribution is 2.61. The van der Waals surface area contributed by atoms with Gasteiger partial charge in [-0.2, -0.15) is 0 Å². The van der Waals surface area contributed by atoms with Gasteiger partial charge in [0.25, 0.3) is 0 Å². The van der Waals surface area contributed by atoms with Crippen molar-refractivity contribution in [3.05, 3.63) is 0 Å². The third kappa shape index (κ3) is 5.17. The number of methoxy groups -OCH3 is 1. The Bertz CT molecular complexity index is 445. The summed E-state index contributed by atoms with van der Waals surface area (Å²) >= 11 is 0. The smallest absolute Gasteiger partial charge is 0.239 e. The van der Waals surface area contributed by atoms with Crippen LogP contribution in [0.4, 0.5) is 0 Å². The number of nitrogens with one attached hydrogen (secondary N) is 3. The average Bonchev–Trinajstić information content (AvgIpc) is 2.54. The van der Waals surface area contributed by atoms with Crippen molar-refractivity contribution in [2.24, 2.45) is 23.2 Å². The highest BCUT2D eigenvalue weighted by Gasteiger charge is 2.51. The van der Waals surface area contributed by atoms with Gasteiger partial charge in [-0.1, -0.05) is 0 Å². The Kier molecular flexibility index (Phi) is 6.34. The first kappa shape index (κ1) is 18.6. The van der Waals surface area contributed by atoms with E-state index in [0.717, 1.165) is 24.3 Å². The Morgan fingerprint density at radius 2 is 1.56 bits per heavy atom. The molecule has 0 aromatic rings. The largest absolute Gasteiger partial charge is 0.383 e. The molecule has 0 radical (unpaired) electrons. The van der Waals surface area contributed by atoms with Crippen LogP contribution in [-0.2, 0) is 14.3 Å². The molecule has 4 aliphatic rings. The Balaban J connectivity index is 1.31. The van der Waals surface area contributed by atoms with Gasteiger partial charge in [0.1, 0.15) is 0 Å². The second-order valence-electron chi connectivity index (χ2n) is 8.46. The van der Waals surface area contributed by atoms with Crippen LogP contribution in [0.3, 0.4) is 0 Å². The van der Waals surface area contributed by atoms with Gasteiger partial charge in [0.05, 0.1) is 13.2 Å². The van der Waals surface area contributed by atoms with Crippen LogP contribution < -0.4 is 16.0 Å². The molecule has 4 fully saturated rings. The second kappa shape index (κ2) is 8.49. The summed E-state index contributed by atoms with van der Waals surface area (Å²) in [6, 6.07) is 0. The molecule has 4 bridgehead atoms. The molecule has 25 heavy (non-hydrogen) atoms. The van der Waals surface area contributed by atoms with E-state index < -0.39 is 0 Å². The Labute approximate surface area is 150 Å². The van der Waals surface area contributed by atoms with Crippen LogP contribution >= 0.6 is 0 Å². The maximum absolute atomic E-state index is 12.4. The molecule has 0 atom stereocenters. The zero-order valence-corrected chi connectivity index (χ0v) is 15.4. The maximum Gasteiger partial charge on any atom is 0.239 e. The minimum atomic E-state index is -0.118. The number of hydrogen-bond donors (Lipinski definition) is 3. The summed E-state index contributed by atoms with van der Waals surface area (Å²) in [6.45, 7) is 2.79. The fourth-order valence-corrected chi connectivity index (χ4v) is 5.74. The minimum absolute atomic E-state index is 0.0512. The topological polar surface area (TPSA) is 79.5 Å². The summed E-state index contributed by atoms with van der Waals surface area (Å²) in [5, 5.41) is 8.81. The van der Waals surface area contributed by atoms with Gasteiger partial charge in [-0.05, 0) is 61.7 Å². The number of rotatable bonds is 10. The zero-order valence-electron chi connectivity index (χ0n) is 15.4. The molecule has 4 saturated carbocycles. The molecule has 4 aliphatic carbocycles. The zero-order chi connectivity index (χ0) is 17.7. The maximum atomic E-state index is 12.4. The van der Waals surface area contributed by atoms with Crippen LogP contribution in [0, 0.1) is 23.2 Å². The molecule has 4 rings (SSSR count). The van der Waals surface area contributed by atoms with Gasteiger partial charge in [0, 0.05) is 33.2 Å². The van der Waals surface area contributed by atoms with Crippen molar-refractivity contribution in [1.82, 2.24) is 16.0 Å². The third-order valence-electron chi connectivity index (χ3n) is 6.25. The molecule has 0 saturated heterocycles. The molecular formula is C19H33N3O3. The predicted octanol–water partition coefficient (Wildman–Crippen LogP) is 1.06. The lowest BCUT2D eigenvalue weighted by molar-refractivity contribution is -0.131. The van der Waals surface area contributed by atoms with Crippen molar-refractivity contribution in [2.75, 3.05) is 39.9 Å². The molecule has 3 N–H and O–H groups in total. The molecule has 0 aliphatic heterocycles. The van der Waals surface area contributed by atoms with Gasteiger partial charge in [-0.3, -0.25) is 9.59 Å². The third-order valence-corrected chi connectivity index (χ3v) is 6.25. The molecule has 0 spiro atoms. The Hall–Kier alpha value is -1.14. The van der Waals surface area contributed by atoms with Gasteiger partial charge >= 0.3 is 0 Å². The van der Waals surface area contributed by atoms with E-state index in [9.17, 15) is 9.59 Å². The van der Waals surface area contributed by atoms with E-state index in [1.165, 1.54) is 38.5 Å². The first-order valence-electron chi connectivity index (χ1n) is 9.81. The van der Waals surface area contributed by atoms with Crippen LogP contribution in [0.2, 0.25) is 0 Å². The quantitative estimate of drug-likeness (QED) is 0.514. The van der Waals surface area contributed by atoms with Crippen molar-refractivity contribution in [2.45, 2.75) is 44.9 Å². The number of ether oxygens (including phenoxy) is 1. The number of amides is 2. The van der Waals surface area contributed by atoms with Crippen molar-refractivity contribution in [3.8, 4) is 0 Å². The van der Waals surface area contributed by atoms with E-state index in [1.807, 2.05) is 0 Å². The van der Waals surface area contributed by atoms with Crippen LogP contribution in [0.5, 0.6) is 0 Å². The van der Waals surface area contributed by atoms with E-state index >= 15 is 0 Å². The van der Waals surface area contributed by atoms with E-state index in [0.29, 0.717) is 26.1 Å². The van der Waals surface area contributed by atoms with E-state index in [4.69, 9.17) is 4.74 Å². The molecule has 6 heteroatoms. The van der Waals surface area contributed by atoms with Crippen LogP contribution in [-0.4, -0.2) is 51.7 Å². The molecule has 2 amide bonds. The van der Waals surface area contributed by atoms with Gasteiger partial charge in [-0.15, -0.1) is 0 Å². The Morgan fingerprint density at radius 3 is 2.16 bits per heavy atom. The summed E-state index contributed by atoms with van der Waals surface area (Å²) < 4.78 is 4.94. The molecule has 0 aromatic heterocycles. The standard InChI is InChI=1S/C19H33N3O3/c1-25-5-4-20-2-3-21-18(24)13-22-17(23)12-19-9-14-6-15(10-19)8-16(7-14)11-19/h14-16,20H,2-13H2,1H3,(H,21,24)(H,22,23). The molecule has 0 unspecified atom stereocenters. The van der Waals surface area contributed by atoms with E-state index in [-0.39, 0.29) is 23.8 Å². The molecular weight excluding hydrogens is 318 g/mol. The van der Waals surface area contributed by atoms with Gasteiger partial charge in [0.15, 0.2) is 0 Å². The normalized spacial score (nSPS) is 32.6. The Morgan fingerprint density at radius 1 is 0.920 bits per heavy atom. The first-order valence-corrected chi connectivity index (χ1v) is 9.81. The molecule has 0 heterocycles. The van der Waals surface area contributed by atoms with Crippen LogP contribution in [0.15, 0.2) is 0 Å². The van der Waals surface area contributed by atoms with Crippen molar-refractivity contribution >= 4 is 11.8 Å². The average molecular weight is 351 g/mol.